The average molecular weight is 347 g/mol. The second-order valence-corrected chi connectivity index (χ2v) is 5.37. The number of hydrogen-bond acceptors (Lipinski definition) is 1. The number of hydrogen-bond donors (Lipinski definition) is 1. The monoisotopic (exact) mass is 345 g/mol. The van der Waals surface area contributed by atoms with E-state index in [0.717, 1.165) is 0 Å². The van der Waals surface area contributed by atoms with Crippen LogP contribution in [0, 0.1) is 11.6 Å². The third kappa shape index (κ3) is 3.14. The van der Waals surface area contributed by atoms with E-state index in [1.54, 1.807) is 24.3 Å². The van der Waals surface area contributed by atoms with Gasteiger partial charge in [-0.25, -0.2) is 8.78 Å². The quantitative estimate of drug-likeness (QED) is 0.862. The second kappa shape index (κ2) is 5.99. The zero-order valence-corrected chi connectivity index (χ0v) is 12.2. The molecule has 2 aromatic carbocycles. The molecule has 0 aliphatic carbocycles. The van der Waals surface area contributed by atoms with E-state index in [1.165, 1.54) is 12.1 Å². The molecule has 1 atom stereocenters. The third-order valence-corrected chi connectivity index (χ3v) is 3.98. The Bertz CT molecular complexity index is 604. The van der Waals surface area contributed by atoms with Crippen LogP contribution in [0.4, 0.5) is 8.78 Å². The van der Waals surface area contributed by atoms with E-state index in [4.69, 9.17) is 17.3 Å². The summed E-state index contributed by atoms with van der Waals surface area (Å²) in [4.78, 5) is 0. The lowest BCUT2D eigenvalue weighted by atomic mass is 9.99. The van der Waals surface area contributed by atoms with Crippen LogP contribution >= 0.6 is 27.5 Å². The molecule has 0 spiro atoms. The number of nitrogens with two attached hydrogens (primary N) is 1. The molecule has 2 rings (SSSR count). The smallest absolute Gasteiger partial charge is 0.145 e. The van der Waals surface area contributed by atoms with Gasteiger partial charge in [0.05, 0.1) is 9.50 Å². The van der Waals surface area contributed by atoms with Gasteiger partial charge in [0, 0.05) is 6.04 Å². The normalized spacial score (nSPS) is 12.5. The zero-order valence-electron chi connectivity index (χ0n) is 9.84. The van der Waals surface area contributed by atoms with Gasteiger partial charge < -0.3 is 5.73 Å². The van der Waals surface area contributed by atoms with Gasteiger partial charge >= 0.3 is 0 Å². The highest BCUT2D eigenvalue weighted by atomic mass is 79.9. The van der Waals surface area contributed by atoms with E-state index in [-0.39, 0.29) is 17.3 Å². The first-order valence-corrected chi connectivity index (χ1v) is 6.80. The predicted molar refractivity (Wildman–Crippen MR) is 76.1 cm³/mol. The van der Waals surface area contributed by atoms with Gasteiger partial charge in [0.1, 0.15) is 11.6 Å². The molecule has 19 heavy (non-hydrogen) atoms. The van der Waals surface area contributed by atoms with Gasteiger partial charge in [-0.2, -0.15) is 0 Å². The molecule has 2 aromatic rings. The molecule has 2 N–H and O–H groups in total. The molecule has 0 radical (unpaired) electrons. The summed E-state index contributed by atoms with van der Waals surface area (Å²) in [6.07, 6.45) is 0.244. The van der Waals surface area contributed by atoms with Gasteiger partial charge in [0.25, 0.3) is 0 Å². The number of rotatable bonds is 3. The van der Waals surface area contributed by atoms with Crippen molar-refractivity contribution in [3.63, 3.8) is 0 Å². The minimum absolute atomic E-state index is 0.0583. The minimum Gasteiger partial charge on any atom is -0.324 e. The Hall–Kier alpha value is -0.970. The van der Waals surface area contributed by atoms with E-state index in [0.29, 0.717) is 15.6 Å². The highest BCUT2D eigenvalue weighted by molar-refractivity contribution is 9.10. The summed E-state index contributed by atoms with van der Waals surface area (Å²) in [6.45, 7) is 0. The van der Waals surface area contributed by atoms with Crippen molar-refractivity contribution in [2.24, 2.45) is 5.73 Å². The lowest BCUT2D eigenvalue weighted by molar-refractivity contribution is 0.587. The Labute approximate surface area is 123 Å². The van der Waals surface area contributed by atoms with E-state index in [9.17, 15) is 8.78 Å². The van der Waals surface area contributed by atoms with Gasteiger partial charge in [-0.15, -0.1) is 0 Å². The fourth-order valence-electron chi connectivity index (χ4n) is 1.86. The molecule has 0 saturated heterocycles. The average Bonchev–Trinajstić information content (AvgIpc) is 2.38. The van der Waals surface area contributed by atoms with Crippen LogP contribution in [0.5, 0.6) is 0 Å². The van der Waals surface area contributed by atoms with Gasteiger partial charge in [0.2, 0.25) is 0 Å². The van der Waals surface area contributed by atoms with Crippen molar-refractivity contribution in [1.82, 2.24) is 0 Å². The molecule has 5 heteroatoms. The molecule has 0 saturated carbocycles. The van der Waals surface area contributed by atoms with Crippen molar-refractivity contribution in [2.75, 3.05) is 0 Å². The van der Waals surface area contributed by atoms with Gasteiger partial charge in [-0.05, 0) is 45.6 Å². The first-order chi connectivity index (χ1) is 9.00. The van der Waals surface area contributed by atoms with Crippen LogP contribution in [0.15, 0.2) is 40.9 Å². The van der Waals surface area contributed by atoms with Crippen molar-refractivity contribution in [3.8, 4) is 0 Å². The van der Waals surface area contributed by atoms with Crippen LogP contribution in [-0.4, -0.2) is 0 Å². The number of halogens is 4. The lowest BCUT2D eigenvalue weighted by Crippen LogP contribution is -2.15. The molecule has 0 aliphatic rings. The summed E-state index contributed by atoms with van der Waals surface area (Å²) in [5, 5.41) is 0.0583. The van der Waals surface area contributed by atoms with Crippen LogP contribution < -0.4 is 5.73 Å². The van der Waals surface area contributed by atoms with Crippen LogP contribution in [0.3, 0.4) is 0 Å². The summed E-state index contributed by atoms with van der Waals surface area (Å²) < 4.78 is 27.5. The Balaban J connectivity index is 2.28. The van der Waals surface area contributed by atoms with Crippen molar-refractivity contribution in [2.45, 2.75) is 12.5 Å². The van der Waals surface area contributed by atoms with E-state index in [2.05, 4.69) is 15.9 Å². The Morgan fingerprint density at radius 2 is 1.84 bits per heavy atom. The van der Waals surface area contributed by atoms with Gasteiger partial charge in [-0.3, -0.25) is 0 Å². The van der Waals surface area contributed by atoms with Crippen molar-refractivity contribution >= 4 is 27.5 Å². The molecule has 0 amide bonds. The summed E-state index contributed by atoms with van der Waals surface area (Å²) >= 11 is 8.87. The number of benzene rings is 2. The molecule has 0 aromatic heterocycles. The summed E-state index contributed by atoms with van der Waals surface area (Å²) in [5.41, 5.74) is 7.02. The topological polar surface area (TPSA) is 26.0 Å². The van der Waals surface area contributed by atoms with Crippen molar-refractivity contribution in [1.29, 1.82) is 0 Å². The van der Waals surface area contributed by atoms with Crippen molar-refractivity contribution in [3.05, 3.63) is 68.7 Å². The fraction of sp³-hybridized carbons (Fsp3) is 0.143. The standard InChI is InChI=1S/C14H11BrClF2N/c15-13-9(4-2-6-11(13)17)12(19)7-8-3-1-5-10(16)14(8)18/h1-6,12H,7,19H2. The largest absolute Gasteiger partial charge is 0.324 e. The maximum absolute atomic E-state index is 13.8. The molecule has 100 valence electrons. The molecule has 0 fully saturated rings. The second-order valence-electron chi connectivity index (χ2n) is 4.17. The third-order valence-electron chi connectivity index (χ3n) is 2.85. The molecule has 0 heterocycles. The SMILES string of the molecule is NC(Cc1cccc(Cl)c1F)c1cccc(F)c1Br. The van der Waals surface area contributed by atoms with Crippen molar-refractivity contribution < 1.29 is 8.78 Å². The lowest BCUT2D eigenvalue weighted by Gasteiger charge is -2.15. The van der Waals surface area contributed by atoms with Crippen LogP contribution in [0.2, 0.25) is 5.02 Å². The Kier molecular flexibility index (Phi) is 4.55. The van der Waals surface area contributed by atoms with E-state index in [1.807, 2.05) is 0 Å². The first kappa shape index (κ1) is 14.4. The maximum Gasteiger partial charge on any atom is 0.145 e. The maximum atomic E-state index is 13.8. The first-order valence-electron chi connectivity index (χ1n) is 5.63. The van der Waals surface area contributed by atoms with Crippen LogP contribution in [0.25, 0.3) is 0 Å². The van der Waals surface area contributed by atoms with E-state index < -0.39 is 11.9 Å². The molecular weight excluding hydrogens is 336 g/mol. The van der Waals surface area contributed by atoms with Gasteiger partial charge in [0.15, 0.2) is 0 Å². The fourth-order valence-corrected chi connectivity index (χ4v) is 2.61. The summed E-state index contributed by atoms with van der Waals surface area (Å²) in [5.74, 6) is -0.869. The highest BCUT2D eigenvalue weighted by Crippen LogP contribution is 2.28. The summed E-state index contributed by atoms with van der Waals surface area (Å²) in [7, 11) is 0. The Morgan fingerprint density at radius 3 is 2.58 bits per heavy atom. The van der Waals surface area contributed by atoms with Gasteiger partial charge in [-0.1, -0.05) is 35.9 Å². The summed E-state index contributed by atoms with van der Waals surface area (Å²) in [6, 6.07) is 8.86. The minimum atomic E-state index is -0.516. The molecule has 1 nitrogen and oxygen atoms in total. The van der Waals surface area contributed by atoms with E-state index >= 15 is 0 Å². The molecular formula is C14H11BrClF2N. The van der Waals surface area contributed by atoms with Crippen LogP contribution in [0.1, 0.15) is 17.2 Å². The van der Waals surface area contributed by atoms with Crippen LogP contribution in [-0.2, 0) is 6.42 Å². The zero-order chi connectivity index (χ0) is 14.0. The predicted octanol–water partition coefficient (Wildman–Crippen LogP) is 4.62. The molecule has 0 bridgehead atoms. The highest BCUT2D eigenvalue weighted by Gasteiger charge is 2.16. The molecule has 0 aliphatic heterocycles. The Morgan fingerprint density at radius 1 is 1.16 bits per heavy atom. The molecule has 1 unspecified atom stereocenters.